The summed E-state index contributed by atoms with van der Waals surface area (Å²) in [6.45, 7) is 3.68. The Bertz CT molecular complexity index is 943. The van der Waals surface area contributed by atoms with Crippen molar-refractivity contribution < 1.29 is 18.0 Å². The first-order valence-corrected chi connectivity index (χ1v) is 10.6. The van der Waals surface area contributed by atoms with Crippen molar-refractivity contribution in [3.05, 3.63) is 65.7 Å². The van der Waals surface area contributed by atoms with Gasteiger partial charge in [0, 0.05) is 13.1 Å². The second-order valence-corrected chi connectivity index (χ2v) is 8.80. The summed E-state index contributed by atoms with van der Waals surface area (Å²) in [4.78, 5) is 25.5. The van der Waals surface area contributed by atoms with Crippen molar-refractivity contribution in [2.24, 2.45) is 0 Å². The zero-order chi connectivity index (χ0) is 20.9. The van der Waals surface area contributed by atoms with E-state index in [0.29, 0.717) is 16.8 Å². The van der Waals surface area contributed by atoms with Gasteiger partial charge in [0.25, 0.3) is 5.91 Å². The number of carbonyl (C=O) groups excluding carboxylic acids is 2. The number of rotatable bonds is 7. The van der Waals surface area contributed by atoms with Crippen LogP contribution in [-0.2, 0) is 14.8 Å². The number of nitrogens with one attached hydrogen (secondary N) is 2. The van der Waals surface area contributed by atoms with Crippen LogP contribution < -0.4 is 10.6 Å². The van der Waals surface area contributed by atoms with Crippen LogP contribution in [-0.4, -0.2) is 43.9 Å². The largest absolute Gasteiger partial charge is 0.350 e. The molecule has 2 aromatic rings. The van der Waals surface area contributed by atoms with Crippen LogP contribution in [0.5, 0.6) is 0 Å². The number of hydrogen-bond donors (Lipinski definition) is 2. The third-order valence-electron chi connectivity index (χ3n) is 4.10. The molecule has 0 radical (unpaired) electrons. The molecule has 150 valence electrons. The molecule has 1 unspecified atom stereocenters. The van der Waals surface area contributed by atoms with E-state index in [2.05, 4.69) is 10.6 Å². The molecular formula is C20H25N3O4S. The van der Waals surface area contributed by atoms with Crippen LogP contribution in [0.4, 0.5) is 5.69 Å². The average molecular weight is 404 g/mol. The molecule has 2 amide bonds. The van der Waals surface area contributed by atoms with Gasteiger partial charge in [0.15, 0.2) is 0 Å². The van der Waals surface area contributed by atoms with Gasteiger partial charge in [-0.2, -0.15) is 4.31 Å². The van der Waals surface area contributed by atoms with E-state index in [-0.39, 0.29) is 11.9 Å². The van der Waals surface area contributed by atoms with Crippen molar-refractivity contribution >= 4 is 27.5 Å². The summed E-state index contributed by atoms with van der Waals surface area (Å²) in [6.07, 6.45) is 1.04. The van der Waals surface area contributed by atoms with Crippen molar-refractivity contribution in [2.75, 3.05) is 18.6 Å². The summed E-state index contributed by atoms with van der Waals surface area (Å²) in [7, 11) is -2.29. The Morgan fingerprint density at radius 2 is 1.54 bits per heavy atom. The smallest absolute Gasteiger partial charge is 0.253 e. The van der Waals surface area contributed by atoms with Crippen molar-refractivity contribution in [3.8, 4) is 0 Å². The highest BCUT2D eigenvalue weighted by Crippen LogP contribution is 2.25. The molecule has 0 aromatic heterocycles. The molecule has 8 heteroatoms. The van der Waals surface area contributed by atoms with Crippen LogP contribution in [0.1, 0.15) is 35.8 Å². The van der Waals surface area contributed by atoms with Crippen molar-refractivity contribution in [3.63, 3.8) is 0 Å². The number of carbonyl (C=O) groups is 2. The Balaban J connectivity index is 2.39. The second-order valence-electron chi connectivity index (χ2n) is 6.76. The van der Waals surface area contributed by atoms with Gasteiger partial charge in [-0.3, -0.25) is 9.59 Å². The van der Waals surface area contributed by atoms with E-state index in [4.69, 9.17) is 0 Å². The molecule has 2 aromatic carbocycles. The number of nitrogens with zero attached hydrogens (tertiary/aromatic N) is 1. The molecule has 28 heavy (non-hydrogen) atoms. The maximum atomic E-state index is 13.0. The maximum Gasteiger partial charge on any atom is 0.253 e. The SMILES string of the molecule is CC(C)NC(=O)c1ccccc1NC(=O)C(c1ccccc1)N(C)S(C)(=O)=O. The van der Waals surface area contributed by atoms with E-state index >= 15 is 0 Å². The molecule has 0 heterocycles. The van der Waals surface area contributed by atoms with E-state index in [9.17, 15) is 18.0 Å². The molecule has 0 bridgehead atoms. The van der Waals surface area contributed by atoms with E-state index in [1.54, 1.807) is 54.6 Å². The van der Waals surface area contributed by atoms with E-state index in [1.807, 2.05) is 13.8 Å². The fourth-order valence-corrected chi connectivity index (χ4v) is 3.28. The molecule has 0 aliphatic heterocycles. The lowest BCUT2D eigenvalue weighted by molar-refractivity contribution is -0.119. The molecule has 2 rings (SSSR count). The molecule has 7 nitrogen and oxygen atoms in total. The molecule has 0 saturated carbocycles. The Morgan fingerprint density at radius 3 is 2.11 bits per heavy atom. The minimum Gasteiger partial charge on any atom is -0.350 e. The van der Waals surface area contributed by atoms with Gasteiger partial charge < -0.3 is 10.6 Å². The monoisotopic (exact) mass is 403 g/mol. The third kappa shape index (κ3) is 5.40. The highest BCUT2D eigenvalue weighted by molar-refractivity contribution is 7.88. The number of benzene rings is 2. The van der Waals surface area contributed by atoms with Crippen molar-refractivity contribution in [1.82, 2.24) is 9.62 Å². The predicted molar refractivity (Wildman–Crippen MR) is 109 cm³/mol. The third-order valence-corrected chi connectivity index (χ3v) is 5.36. The first-order chi connectivity index (χ1) is 13.1. The molecular weight excluding hydrogens is 378 g/mol. The summed E-state index contributed by atoms with van der Waals surface area (Å²) in [6, 6.07) is 14.1. The molecule has 0 aliphatic rings. The second kappa shape index (κ2) is 8.99. The van der Waals surface area contributed by atoms with Gasteiger partial charge in [0.05, 0.1) is 17.5 Å². The Kier molecular flexibility index (Phi) is 6.93. The number of likely N-dealkylation sites (N-methyl/N-ethyl adjacent to an activating group) is 1. The first kappa shape index (κ1) is 21.6. The van der Waals surface area contributed by atoms with Crippen LogP contribution in [0.25, 0.3) is 0 Å². The van der Waals surface area contributed by atoms with Crippen molar-refractivity contribution in [1.29, 1.82) is 0 Å². The predicted octanol–water partition coefficient (Wildman–Crippen LogP) is 2.40. The van der Waals surface area contributed by atoms with Gasteiger partial charge >= 0.3 is 0 Å². The molecule has 1 atom stereocenters. The quantitative estimate of drug-likeness (QED) is 0.742. The van der Waals surface area contributed by atoms with Crippen LogP contribution >= 0.6 is 0 Å². The van der Waals surface area contributed by atoms with E-state index < -0.39 is 22.0 Å². The molecule has 0 spiro atoms. The zero-order valence-corrected chi connectivity index (χ0v) is 17.2. The standard InChI is InChI=1S/C20H25N3O4S/c1-14(2)21-19(24)16-12-8-9-13-17(16)22-20(25)18(23(3)28(4,26)27)15-10-6-5-7-11-15/h5-14,18H,1-4H3,(H,21,24)(H,22,25). The fraction of sp³-hybridized carbons (Fsp3) is 0.300. The number of sulfonamides is 1. The van der Waals surface area contributed by atoms with Gasteiger partial charge in [-0.05, 0) is 31.5 Å². The van der Waals surface area contributed by atoms with Gasteiger partial charge in [-0.25, -0.2) is 8.42 Å². The maximum absolute atomic E-state index is 13.0. The van der Waals surface area contributed by atoms with Crippen LogP contribution in [0, 0.1) is 0 Å². The lowest BCUT2D eigenvalue weighted by Gasteiger charge is -2.26. The van der Waals surface area contributed by atoms with Crippen LogP contribution in [0.15, 0.2) is 54.6 Å². The van der Waals surface area contributed by atoms with E-state index in [0.717, 1.165) is 10.6 Å². The number of amides is 2. The molecule has 0 fully saturated rings. The normalized spacial score (nSPS) is 12.6. The molecule has 0 aliphatic carbocycles. The van der Waals surface area contributed by atoms with Gasteiger partial charge in [-0.1, -0.05) is 42.5 Å². The summed E-state index contributed by atoms with van der Waals surface area (Å²) in [5.74, 6) is -0.873. The highest BCUT2D eigenvalue weighted by atomic mass is 32.2. The van der Waals surface area contributed by atoms with Gasteiger partial charge in [-0.15, -0.1) is 0 Å². The number of hydrogen-bond acceptors (Lipinski definition) is 4. The van der Waals surface area contributed by atoms with E-state index in [1.165, 1.54) is 7.05 Å². The average Bonchev–Trinajstić information content (AvgIpc) is 2.61. The first-order valence-electron chi connectivity index (χ1n) is 8.80. The topological polar surface area (TPSA) is 95.6 Å². The Morgan fingerprint density at radius 1 is 0.964 bits per heavy atom. The minimum absolute atomic E-state index is 0.0651. The number of para-hydroxylation sites is 1. The van der Waals surface area contributed by atoms with Crippen molar-refractivity contribution in [2.45, 2.75) is 25.9 Å². The Labute approximate surface area is 165 Å². The summed E-state index contributed by atoms with van der Waals surface area (Å²) < 4.78 is 25.2. The summed E-state index contributed by atoms with van der Waals surface area (Å²) in [5, 5.41) is 5.49. The lowest BCUT2D eigenvalue weighted by atomic mass is 10.1. The number of anilines is 1. The lowest BCUT2D eigenvalue weighted by Crippen LogP contribution is -2.38. The summed E-state index contributed by atoms with van der Waals surface area (Å²) in [5.41, 5.74) is 1.14. The van der Waals surface area contributed by atoms with Crippen LogP contribution in [0.3, 0.4) is 0 Å². The fourth-order valence-electron chi connectivity index (χ4n) is 2.68. The Hall–Kier alpha value is -2.71. The van der Waals surface area contributed by atoms with Gasteiger partial charge in [0.1, 0.15) is 6.04 Å². The molecule has 2 N–H and O–H groups in total. The summed E-state index contributed by atoms with van der Waals surface area (Å²) >= 11 is 0. The highest BCUT2D eigenvalue weighted by Gasteiger charge is 2.31. The zero-order valence-electron chi connectivity index (χ0n) is 16.3. The van der Waals surface area contributed by atoms with Crippen LogP contribution in [0.2, 0.25) is 0 Å². The van der Waals surface area contributed by atoms with Gasteiger partial charge in [0.2, 0.25) is 15.9 Å². The minimum atomic E-state index is -3.64. The molecule has 0 saturated heterocycles.